The fourth-order valence-electron chi connectivity index (χ4n) is 6.97. The monoisotopic (exact) mass is 1060 g/mol. The number of rotatable bonds is 8. The van der Waals surface area contributed by atoms with Gasteiger partial charge in [-0.25, -0.2) is 37.5 Å². The summed E-state index contributed by atoms with van der Waals surface area (Å²) in [5.41, 5.74) is 3.75. The van der Waals surface area contributed by atoms with Crippen molar-refractivity contribution < 1.29 is 46.3 Å². The Morgan fingerprint density at radius 3 is 1.47 bits per heavy atom. The lowest BCUT2D eigenvalue weighted by Gasteiger charge is -2.23. The van der Waals surface area contributed by atoms with E-state index < -0.39 is 49.7 Å². The number of hydrogen-bond donors (Lipinski definition) is 4. The number of hydrogen-bond acceptors (Lipinski definition) is 12. The van der Waals surface area contributed by atoms with Crippen LogP contribution in [0.15, 0.2) is 57.5 Å². The van der Waals surface area contributed by atoms with Crippen LogP contribution in [0.4, 0.5) is 25.4 Å². The highest BCUT2D eigenvalue weighted by Gasteiger charge is 2.36. The van der Waals surface area contributed by atoms with E-state index in [0.29, 0.717) is 30.5 Å². The lowest BCUT2D eigenvalue weighted by Crippen LogP contribution is -2.37. The predicted molar refractivity (Wildman–Crippen MR) is 256 cm³/mol. The zero-order valence-electron chi connectivity index (χ0n) is 37.7. The number of primary sulfonamides is 1. The Labute approximate surface area is 418 Å². The summed E-state index contributed by atoms with van der Waals surface area (Å²) < 4.78 is 48.2. The molecule has 0 unspecified atom stereocenters. The molecule has 6 heterocycles. The number of aromatic nitrogens is 2. The molecule has 0 fully saturated rings. The Hall–Kier alpha value is -4.80. The highest BCUT2D eigenvalue weighted by atomic mass is 35.5. The van der Waals surface area contributed by atoms with Crippen LogP contribution >= 0.6 is 58.8 Å². The minimum atomic E-state index is -4.11. The fraction of sp³-hybridized carbons (Fsp3) is 0.419. The molecule has 368 valence electrons. The van der Waals surface area contributed by atoms with E-state index in [1.807, 2.05) is 0 Å². The van der Waals surface area contributed by atoms with Crippen LogP contribution in [-0.4, -0.2) is 115 Å². The normalized spacial score (nSPS) is 15.6. The van der Waals surface area contributed by atoms with Gasteiger partial charge in [0.15, 0.2) is 0 Å². The van der Waals surface area contributed by atoms with Crippen molar-refractivity contribution in [3.05, 3.63) is 95.7 Å². The molecule has 2 aromatic heterocycles. The third-order valence-electron chi connectivity index (χ3n) is 10.8. The Kier molecular flexibility index (Phi) is 17.1. The minimum absolute atomic E-state index is 0. The van der Waals surface area contributed by atoms with Gasteiger partial charge in [0.2, 0.25) is 21.8 Å². The molecule has 5 amide bonds. The third-order valence-corrected chi connectivity index (χ3v) is 13.1. The molecule has 68 heavy (non-hydrogen) atoms. The first-order valence-corrected chi connectivity index (χ1v) is 23.6. The molecule has 0 aliphatic carbocycles. The van der Waals surface area contributed by atoms with Crippen molar-refractivity contribution in [3.8, 4) is 0 Å². The summed E-state index contributed by atoms with van der Waals surface area (Å²) in [6.07, 6.45) is -1.07. The van der Waals surface area contributed by atoms with Gasteiger partial charge in [-0.05, 0) is 52.6 Å². The third kappa shape index (κ3) is 13.1. The summed E-state index contributed by atoms with van der Waals surface area (Å²) in [6, 6.07) is 5.82. The molecule has 1 aromatic carbocycles. The van der Waals surface area contributed by atoms with E-state index in [-0.39, 0.29) is 101 Å². The molecule has 4 aliphatic heterocycles. The van der Waals surface area contributed by atoms with Crippen LogP contribution in [0.3, 0.4) is 0 Å². The Balaban J connectivity index is 0.000000269. The highest BCUT2D eigenvalue weighted by molar-refractivity contribution is 7.89. The van der Waals surface area contributed by atoms with Gasteiger partial charge < -0.3 is 40.1 Å². The maximum Gasteiger partial charge on any atom is 0.410 e. The SMILES string of the molecule is CC(C)(C)C(=O)Nc1cc(Cl)c(Cl)nc1COC(=O)N1CC2=C(C1)CN(C(=O)c1ccc(S(N)(=O)=O)cc1F)C2.CC(C)(C)C(=O)Nc1cc(Cl)c(Cl)nc1COC(=O)N1CC2=C(CNC2)C1.Cl. The van der Waals surface area contributed by atoms with Gasteiger partial charge in [0.05, 0.1) is 31.9 Å². The van der Waals surface area contributed by atoms with Crippen LogP contribution in [0.1, 0.15) is 63.3 Å². The van der Waals surface area contributed by atoms with Crippen LogP contribution < -0.4 is 21.1 Å². The second-order valence-corrected chi connectivity index (χ2v) is 21.2. The quantitative estimate of drug-likeness (QED) is 0.129. The molecule has 0 saturated heterocycles. The molecular weight excluding hydrogens is 1010 g/mol. The van der Waals surface area contributed by atoms with Crippen LogP contribution in [0.5, 0.6) is 0 Å². The average Bonchev–Trinajstić information content (AvgIpc) is 4.03. The minimum Gasteiger partial charge on any atom is -0.443 e. The maximum absolute atomic E-state index is 14.5. The molecule has 18 nitrogen and oxygen atoms in total. The van der Waals surface area contributed by atoms with Crippen molar-refractivity contribution in [3.63, 3.8) is 0 Å². The molecule has 25 heteroatoms. The standard InChI is InChI=1S/C25H26Cl2FN5O6S.C18H22Cl2N4O3.ClH/c1-25(2,3)23(35)31-19-7-17(26)21(27)30-20(19)12-39-24(36)33-10-13-8-32(9-14(13)11-33)22(34)16-5-4-15(6-18(16)28)40(29,37)38;1-18(2,3)16(25)23-13-4-12(19)15(20)22-14(13)9-27-17(26)24-7-10-5-21-6-11(10)8-24;/h4-7H,8-12H2,1-3H3,(H,31,35)(H2,29,37,38);4,21H,5-9H2,1-3H3,(H,23,25);1H. The zero-order valence-corrected chi connectivity index (χ0v) is 42.3. The van der Waals surface area contributed by atoms with Crippen LogP contribution in [0.25, 0.3) is 0 Å². The number of nitrogens with zero attached hydrogens (tertiary/aromatic N) is 5. The number of benzene rings is 1. The summed E-state index contributed by atoms with van der Waals surface area (Å²) in [7, 11) is -4.11. The van der Waals surface area contributed by atoms with E-state index in [2.05, 4.69) is 25.9 Å². The van der Waals surface area contributed by atoms with Crippen molar-refractivity contribution in [2.75, 3.05) is 63.0 Å². The van der Waals surface area contributed by atoms with Crippen molar-refractivity contribution >= 4 is 110 Å². The van der Waals surface area contributed by atoms with Crippen LogP contribution in [-0.2, 0) is 42.3 Å². The second-order valence-electron chi connectivity index (χ2n) is 18.1. The highest BCUT2D eigenvalue weighted by Crippen LogP contribution is 2.32. The molecule has 4 aliphatic rings. The smallest absolute Gasteiger partial charge is 0.410 e. The lowest BCUT2D eigenvalue weighted by atomic mass is 9.95. The summed E-state index contributed by atoms with van der Waals surface area (Å²) in [5, 5.41) is 14.2. The number of carbonyl (C=O) groups is 5. The molecule has 0 spiro atoms. The maximum atomic E-state index is 14.5. The van der Waals surface area contributed by atoms with Gasteiger partial charge in [-0.3, -0.25) is 14.4 Å². The second kappa shape index (κ2) is 21.5. The molecule has 0 bridgehead atoms. The van der Waals surface area contributed by atoms with Gasteiger partial charge >= 0.3 is 12.2 Å². The summed E-state index contributed by atoms with van der Waals surface area (Å²) in [5.74, 6) is -2.11. The van der Waals surface area contributed by atoms with E-state index in [0.717, 1.165) is 36.4 Å². The topological polar surface area (TPSA) is 236 Å². The molecule has 0 saturated carbocycles. The van der Waals surface area contributed by atoms with Crippen LogP contribution in [0, 0.1) is 16.6 Å². The van der Waals surface area contributed by atoms with Gasteiger partial charge in [0.25, 0.3) is 5.91 Å². The van der Waals surface area contributed by atoms with Gasteiger partial charge in [0.1, 0.15) is 40.7 Å². The first-order chi connectivity index (χ1) is 31.2. The number of halogens is 6. The van der Waals surface area contributed by atoms with Crippen molar-refractivity contribution in [2.24, 2.45) is 16.0 Å². The van der Waals surface area contributed by atoms with E-state index in [1.165, 1.54) is 33.1 Å². The lowest BCUT2D eigenvalue weighted by molar-refractivity contribution is -0.123. The average molecular weight is 1060 g/mol. The number of carbonyl (C=O) groups excluding carboxylic acids is 5. The zero-order chi connectivity index (χ0) is 49.3. The number of sulfonamides is 1. The van der Waals surface area contributed by atoms with Gasteiger partial charge in [0, 0.05) is 63.2 Å². The predicted octanol–water partition coefficient (Wildman–Crippen LogP) is 7.21. The number of amides is 5. The van der Waals surface area contributed by atoms with E-state index >= 15 is 0 Å². The van der Waals surface area contributed by atoms with Crippen molar-refractivity contribution in [2.45, 2.75) is 59.7 Å². The molecule has 5 N–H and O–H groups in total. The Morgan fingerprint density at radius 1 is 0.691 bits per heavy atom. The Bertz CT molecular complexity index is 2700. The van der Waals surface area contributed by atoms with Crippen molar-refractivity contribution in [1.82, 2.24) is 30.0 Å². The molecule has 3 aromatic rings. The number of nitrogens with two attached hydrogens (primary N) is 1. The summed E-state index contributed by atoms with van der Waals surface area (Å²) in [4.78, 5) is 75.2. The largest absolute Gasteiger partial charge is 0.443 e. The van der Waals surface area contributed by atoms with E-state index in [4.69, 9.17) is 61.0 Å². The number of ether oxygens (including phenoxy) is 2. The molecule has 0 radical (unpaired) electrons. The molecule has 0 atom stereocenters. The number of nitrogens with one attached hydrogen (secondary N) is 3. The van der Waals surface area contributed by atoms with Gasteiger partial charge in [-0.1, -0.05) is 87.9 Å². The first-order valence-electron chi connectivity index (χ1n) is 20.6. The summed E-state index contributed by atoms with van der Waals surface area (Å²) in [6.45, 7) is 13.7. The van der Waals surface area contributed by atoms with Crippen LogP contribution in [0.2, 0.25) is 20.4 Å². The van der Waals surface area contributed by atoms with E-state index in [9.17, 15) is 36.8 Å². The molecular formula is C43H49Cl5FN9O9S. The van der Waals surface area contributed by atoms with Crippen molar-refractivity contribution in [1.29, 1.82) is 0 Å². The number of anilines is 2. The van der Waals surface area contributed by atoms with Gasteiger partial charge in [-0.2, -0.15) is 0 Å². The molecule has 7 rings (SSSR count). The Morgan fingerprint density at radius 2 is 1.09 bits per heavy atom. The number of pyridine rings is 2. The fourth-order valence-corrected chi connectivity index (χ4v) is 8.11. The summed E-state index contributed by atoms with van der Waals surface area (Å²) >= 11 is 24.1. The van der Waals surface area contributed by atoms with Gasteiger partial charge in [-0.15, -0.1) is 12.4 Å². The first kappa shape index (κ1) is 54.1. The van der Waals surface area contributed by atoms with E-state index in [1.54, 1.807) is 46.4 Å².